The summed E-state index contributed by atoms with van der Waals surface area (Å²) < 4.78 is 10.0. The monoisotopic (exact) mass is 374 g/mol. The molecule has 0 radical (unpaired) electrons. The van der Waals surface area contributed by atoms with Crippen molar-refractivity contribution in [1.82, 2.24) is 15.0 Å². The second kappa shape index (κ2) is 7.26. The Hall–Kier alpha value is -3.10. The van der Waals surface area contributed by atoms with Gasteiger partial charge in [0.25, 0.3) is 5.91 Å². The van der Waals surface area contributed by atoms with Gasteiger partial charge in [0.15, 0.2) is 11.6 Å². The number of nitrogens with one attached hydrogen (secondary N) is 1. The summed E-state index contributed by atoms with van der Waals surface area (Å²) in [6.07, 6.45) is 1.45. The Morgan fingerprint density at radius 3 is 2.37 bits per heavy atom. The van der Waals surface area contributed by atoms with Crippen molar-refractivity contribution in [2.24, 2.45) is 5.41 Å². The Kier molecular flexibility index (Phi) is 5.02. The van der Waals surface area contributed by atoms with E-state index in [1.165, 1.54) is 6.26 Å². The molecule has 0 aliphatic carbocycles. The van der Waals surface area contributed by atoms with Crippen molar-refractivity contribution < 1.29 is 23.3 Å². The lowest BCUT2D eigenvalue weighted by atomic mass is 9.90. The zero-order chi connectivity index (χ0) is 19.6. The predicted molar refractivity (Wildman–Crippen MR) is 94.8 cm³/mol. The Morgan fingerprint density at radius 2 is 1.81 bits per heavy atom. The quantitative estimate of drug-likeness (QED) is 0.813. The summed E-state index contributed by atoms with van der Waals surface area (Å²) in [4.78, 5) is 40.9. The van der Waals surface area contributed by atoms with E-state index in [9.17, 15) is 14.4 Å². The first-order valence-corrected chi connectivity index (χ1v) is 8.66. The van der Waals surface area contributed by atoms with E-state index in [4.69, 9.17) is 8.94 Å². The minimum Gasteiger partial charge on any atom is -0.459 e. The lowest BCUT2D eigenvalue weighted by Crippen LogP contribution is -2.55. The summed E-state index contributed by atoms with van der Waals surface area (Å²) in [7, 11) is 0. The molecular weight excluding hydrogens is 352 g/mol. The van der Waals surface area contributed by atoms with Crippen molar-refractivity contribution in [2.45, 2.75) is 20.8 Å². The highest BCUT2D eigenvalue weighted by atomic mass is 16.5. The van der Waals surface area contributed by atoms with Gasteiger partial charge in [0.1, 0.15) is 11.2 Å². The molecule has 9 heteroatoms. The second-order valence-electron chi connectivity index (χ2n) is 6.96. The molecule has 0 atom stereocenters. The summed E-state index contributed by atoms with van der Waals surface area (Å²) in [6.45, 7) is 6.31. The third-order valence-corrected chi connectivity index (χ3v) is 4.56. The first kappa shape index (κ1) is 18.7. The van der Waals surface area contributed by atoms with Crippen molar-refractivity contribution in [1.29, 1.82) is 0 Å². The SMILES string of the molecule is Cc1cc(NC(=O)C(C)(C)C(=O)N2CCN(C(=O)c3ccco3)CC2)no1. The Labute approximate surface area is 156 Å². The molecular formula is C18H22N4O5. The van der Waals surface area contributed by atoms with Crippen LogP contribution in [-0.2, 0) is 9.59 Å². The zero-order valence-corrected chi connectivity index (χ0v) is 15.5. The second-order valence-corrected chi connectivity index (χ2v) is 6.96. The van der Waals surface area contributed by atoms with Gasteiger partial charge in [-0.3, -0.25) is 14.4 Å². The van der Waals surface area contributed by atoms with Crippen molar-refractivity contribution in [3.8, 4) is 0 Å². The minimum absolute atomic E-state index is 0.203. The number of aryl methyl sites for hydroxylation is 1. The van der Waals surface area contributed by atoms with Crippen LogP contribution in [0.5, 0.6) is 0 Å². The van der Waals surface area contributed by atoms with Gasteiger partial charge < -0.3 is 24.1 Å². The zero-order valence-electron chi connectivity index (χ0n) is 15.5. The molecule has 0 aromatic carbocycles. The Morgan fingerprint density at radius 1 is 1.15 bits per heavy atom. The van der Waals surface area contributed by atoms with Crippen LogP contribution < -0.4 is 5.32 Å². The van der Waals surface area contributed by atoms with Gasteiger partial charge >= 0.3 is 0 Å². The fourth-order valence-electron chi connectivity index (χ4n) is 2.86. The van der Waals surface area contributed by atoms with Crippen LogP contribution in [0.3, 0.4) is 0 Å². The highest BCUT2D eigenvalue weighted by molar-refractivity contribution is 6.09. The van der Waals surface area contributed by atoms with Crippen molar-refractivity contribution in [3.63, 3.8) is 0 Å². The van der Waals surface area contributed by atoms with Gasteiger partial charge in [0, 0.05) is 32.2 Å². The average Bonchev–Trinajstić information content (AvgIpc) is 3.32. The van der Waals surface area contributed by atoms with Crippen LogP contribution >= 0.6 is 0 Å². The van der Waals surface area contributed by atoms with Crippen molar-refractivity contribution in [3.05, 3.63) is 36.0 Å². The maximum absolute atomic E-state index is 12.9. The number of anilines is 1. The molecule has 144 valence electrons. The van der Waals surface area contributed by atoms with E-state index in [1.807, 2.05) is 0 Å². The third-order valence-electron chi connectivity index (χ3n) is 4.56. The van der Waals surface area contributed by atoms with Crippen molar-refractivity contribution in [2.75, 3.05) is 31.5 Å². The molecule has 2 aromatic rings. The number of aromatic nitrogens is 1. The number of amides is 3. The fourth-order valence-corrected chi connectivity index (χ4v) is 2.86. The van der Waals surface area contributed by atoms with Crippen LogP contribution in [0.25, 0.3) is 0 Å². The van der Waals surface area contributed by atoms with E-state index in [2.05, 4.69) is 10.5 Å². The summed E-state index contributed by atoms with van der Waals surface area (Å²) >= 11 is 0. The molecule has 3 heterocycles. The third kappa shape index (κ3) is 3.86. The first-order chi connectivity index (χ1) is 12.8. The Balaban J connectivity index is 1.59. The molecule has 27 heavy (non-hydrogen) atoms. The molecule has 9 nitrogen and oxygen atoms in total. The van der Waals surface area contributed by atoms with Crippen molar-refractivity contribution >= 4 is 23.5 Å². The van der Waals surface area contributed by atoms with Gasteiger partial charge in [0.2, 0.25) is 11.8 Å². The largest absolute Gasteiger partial charge is 0.459 e. The van der Waals surface area contributed by atoms with Crippen LogP contribution in [0.4, 0.5) is 5.82 Å². The van der Waals surface area contributed by atoms with Gasteiger partial charge in [-0.15, -0.1) is 0 Å². The molecule has 0 bridgehead atoms. The summed E-state index contributed by atoms with van der Waals surface area (Å²) in [5.74, 6) is 0.141. The van der Waals surface area contributed by atoms with E-state index < -0.39 is 11.3 Å². The molecule has 3 amide bonds. The number of carbonyl (C=O) groups is 3. The lowest BCUT2D eigenvalue weighted by Gasteiger charge is -2.37. The number of carbonyl (C=O) groups excluding carboxylic acids is 3. The Bertz CT molecular complexity index is 832. The molecule has 1 saturated heterocycles. The van der Waals surface area contributed by atoms with Gasteiger partial charge in [-0.05, 0) is 32.9 Å². The highest BCUT2D eigenvalue weighted by Crippen LogP contribution is 2.23. The number of rotatable bonds is 4. The maximum atomic E-state index is 12.9. The van der Waals surface area contributed by atoms with Crippen LogP contribution in [-0.4, -0.2) is 58.9 Å². The van der Waals surface area contributed by atoms with Crippen LogP contribution in [0.1, 0.15) is 30.2 Å². The molecule has 3 rings (SSSR count). The number of piperazine rings is 1. The summed E-state index contributed by atoms with van der Waals surface area (Å²) in [5, 5.41) is 6.31. The highest BCUT2D eigenvalue weighted by Gasteiger charge is 2.40. The van der Waals surface area contributed by atoms with E-state index in [1.54, 1.807) is 48.8 Å². The fraction of sp³-hybridized carbons (Fsp3) is 0.444. The maximum Gasteiger partial charge on any atom is 0.289 e. The molecule has 0 unspecified atom stereocenters. The van der Waals surface area contributed by atoms with Crippen LogP contribution in [0, 0.1) is 12.3 Å². The van der Waals surface area contributed by atoms with E-state index in [0.29, 0.717) is 31.9 Å². The van der Waals surface area contributed by atoms with Gasteiger partial charge in [0.05, 0.1) is 6.26 Å². The van der Waals surface area contributed by atoms with Gasteiger partial charge in [-0.1, -0.05) is 5.16 Å². The number of hydrogen-bond acceptors (Lipinski definition) is 6. The normalized spacial score (nSPS) is 14.9. The molecule has 2 aromatic heterocycles. The topological polar surface area (TPSA) is 109 Å². The first-order valence-electron chi connectivity index (χ1n) is 8.66. The predicted octanol–water partition coefficient (Wildman–Crippen LogP) is 1.53. The van der Waals surface area contributed by atoms with E-state index >= 15 is 0 Å². The summed E-state index contributed by atoms with van der Waals surface area (Å²) in [6, 6.07) is 4.85. The molecule has 1 aliphatic rings. The smallest absolute Gasteiger partial charge is 0.289 e. The standard InChI is InChI=1S/C18H22N4O5/c1-12-11-14(20-27-12)19-16(24)18(2,3)17(25)22-8-6-21(7-9-22)15(23)13-5-4-10-26-13/h4-5,10-11H,6-9H2,1-3H3,(H,19,20,24). The van der Waals surface area contributed by atoms with Crippen LogP contribution in [0.15, 0.2) is 33.4 Å². The van der Waals surface area contributed by atoms with E-state index in [0.717, 1.165) is 0 Å². The average molecular weight is 374 g/mol. The van der Waals surface area contributed by atoms with Gasteiger partial charge in [-0.2, -0.15) is 0 Å². The number of nitrogens with zero attached hydrogens (tertiary/aromatic N) is 3. The molecule has 1 N–H and O–H groups in total. The van der Waals surface area contributed by atoms with Gasteiger partial charge in [-0.25, -0.2) is 0 Å². The summed E-state index contributed by atoms with van der Waals surface area (Å²) in [5.41, 5.74) is -1.28. The minimum atomic E-state index is -1.28. The molecule has 1 aliphatic heterocycles. The van der Waals surface area contributed by atoms with Crippen LogP contribution in [0.2, 0.25) is 0 Å². The van der Waals surface area contributed by atoms with E-state index in [-0.39, 0.29) is 23.4 Å². The number of hydrogen-bond donors (Lipinski definition) is 1. The lowest BCUT2D eigenvalue weighted by molar-refractivity contribution is -0.147. The molecule has 1 fully saturated rings. The molecule has 0 spiro atoms. The number of furan rings is 1. The molecule has 0 saturated carbocycles.